The number of aromatic nitrogens is 3. The molecule has 2 heterocycles. The van der Waals surface area contributed by atoms with E-state index < -0.39 is 11.9 Å². The van der Waals surface area contributed by atoms with Crippen molar-refractivity contribution in [2.45, 2.75) is 6.42 Å². The van der Waals surface area contributed by atoms with Gasteiger partial charge in [-0.3, -0.25) is 15.2 Å². The standard InChI is InChI=1S/C15H12N4O4/c20-12(8-9-4-1-2-5-10(9)14(21)22)16-15-17-13(18-19-15)11-6-3-7-23-11/h1-7H,8H2,(H,21,22)(H2,16,17,18,19,20). The van der Waals surface area contributed by atoms with Gasteiger partial charge >= 0.3 is 5.97 Å². The first-order valence-corrected chi connectivity index (χ1v) is 6.71. The Morgan fingerprint density at radius 1 is 1.22 bits per heavy atom. The van der Waals surface area contributed by atoms with E-state index in [-0.39, 0.29) is 17.9 Å². The van der Waals surface area contributed by atoms with E-state index >= 15 is 0 Å². The number of carbonyl (C=O) groups excluding carboxylic acids is 1. The van der Waals surface area contributed by atoms with Crippen molar-refractivity contribution in [3.05, 3.63) is 53.8 Å². The van der Waals surface area contributed by atoms with E-state index in [0.29, 0.717) is 17.1 Å². The van der Waals surface area contributed by atoms with E-state index in [9.17, 15) is 9.59 Å². The maximum absolute atomic E-state index is 12.0. The van der Waals surface area contributed by atoms with E-state index in [0.717, 1.165) is 0 Å². The topological polar surface area (TPSA) is 121 Å². The predicted molar refractivity (Wildman–Crippen MR) is 79.8 cm³/mol. The molecule has 3 aromatic rings. The van der Waals surface area contributed by atoms with Crippen LogP contribution in [0, 0.1) is 0 Å². The van der Waals surface area contributed by atoms with Gasteiger partial charge < -0.3 is 9.52 Å². The largest absolute Gasteiger partial charge is 0.478 e. The summed E-state index contributed by atoms with van der Waals surface area (Å²) in [4.78, 5) is 27.2. The van der Waals surface area contributed by atoms with Gasteiger partial charge in [-0.25, -0.2) is 4.79 Å². The van der Waals surface area contributed by atoms with Gasteiger partial charge in [0.05, 0.1) is 18.2 Å². The van der Waals surface area contributed by atoms with Crippen molar-refractivity contribution in [3.8, 4) is 11.6 Å². The Bertz CT molecular complexity index is 839. The Balaban J connectivity index is 1.70. The molecule has 0 aliphatic carbocycles. The minimum Gasteiger partial charge on any atom is -0.478 e. The van der Waals surface area contributed by atoms with Gasteiger partial charge in [-0.05, 0) is 23.8 Å². The summed E-state index contributed by atoms with van der Waals surface area (Å²) in [6.45, 7) is 0. The molecule has 0 fully saturated rings. The van der Waals surface area contributed by atoms with Crippen LogP contribution in [0.1, 0.15) is 15.9 Å². The number of carboxylic acid groups (broad SMARTS) is 1. The summed E-state index contributed by atoms with van der Waals surface area (Å²) >= 11 is 0. The van der Waals surface area contributed by atoms with E-state index in [4.69, 9.17) is 9.52 Å². The zero-order valence-electron chi connectivity index (χ0n) is 11.8. The van der Waals surface area contributed by atoms with Crippen LogP contribution in [-0.2, 0) is 11.2 Å². The van der Waals surface area contributed by atoms with E-state index in [1.54, 1.807) is 30.3 Å². The van der Waals surface area contributed by atoms with Crippen LogP contribution in [0.25, 0.3) is 11.6 Å². The smallest absolute Gasteiger partial charge is 0.335 e. The Kier molecular flexibility index (Phi) is 3.88. The lowest BCUT2D eigenvalue weighted by atomic mass is 10.0. The summed E-state index contributed by atoms with van der Waals surface area (Å²) in [5.74, 6) is -0.519. The molecule has 3 N–H and O–H groups in total. The van der Waals surface area contributed by atoms with E-state index in [1.807, 2.05) is 0 Å². The van der Waals surface area contributed by atoms with Gasteiger partial charge in [0.15, 0.2) is 11.6 Å². The van der Waals surface area contributed by atoms with E-state index in [1.165, 1.54) is 12.3 Å². The van der Waals surface area contributed by atoms with E-state index in [2.05, 4.69) is 20.5 Å². The fourth-order valence-corrected chi connectivity index (χ4v) is 2.07. The van der Waals surface area contributed by atoms with Gasteiger partial charge in [-0.2, -0.15) is 4.98 Å². The molecule has 3 rings (SSSR count). The number of nitrogens with one attached hydrogen (secondary N) is 2. The van der Waals surface area contributed by atoms with Crippen LogP contribution in [-0.4, -0.2) is 32.2 Å². The Hall–Kier alpha value is -3.42. The van der Waals surface area contributed by atoms with Crippen molar-refractivity contribution in [3.63, 3.8) is 0 Å². The zero-order valence-corrected chi connectivity index (χ0v) is 11.8. The molecule has 0 aliphatic rings. The number of rotatable bonds is 5. The van der Waals surface area contributed by atoms with Crippen molar-refractivity contribution in [2.75, 3.05) is 5.32 Å². The highest BCUT2D eigenvalue weighted by Gasteiger charge is 2.14. The molecule has 8 nitrogen and oxygen atoms in total. The van der Waals surface area contributed by atoms with Crippen LogP contribution in [0.4, 0.5) is 5.95 Å². The second-order valence-corrected chi connectivity index (χ2v) is 4.67. The summed E-state index contributed by atoms with van der Waals surface area (Å²) in [7, 11) is 0. The molecule has 0 atom stereocenters. The van der Waals surface area contributed by atoms with Crippen LogP contribution in [0.2, 0.25) is 0 Å². The van der Waals surface area contributed by atoms with Gasteiger partial charge in [0.1, 0.15) is 0 Å². The monoisotopic (exact) mass is 312 g/mol. The maximum Gasteiger partial charge on any atom is 0.335 e. The highest BCUT2D eigenvalue weighted by atomic mass is 16.4. The Morgan fingerprint density at radius 3 is 2.78 bits per heavy atom. The average Bonchev–Trinajstić information content (AvgIpc) is 3.18. The number of carbonyl (C=O) groups is 2. The number of aromatic carboxylic acids is 1. The molecule has 0 saturated heterocycles. The van der Waals surface area contributed by atoms with Crippen LogP contribution in [0.3, 0.4) is 0 Å². The molecule has 0 unspecified atom stereocenters. The summed E-state index contributed by atoms with van der Waals surface area (Å²) in [6, 6.07) is 9.74. The molecular formula is C15H12N4O4. The average molecular weight is 312 g/mol. The van der Waals surface area contributed by atoms with Crippen molar-refractivity contribution in [2.24, 2.45) is 0 Å². The van der Waals surface area contributed by atoms with Gasteiger partial charge in [-0.1, -0.05) is 18.2 Å². The molecule has 0 spiro atoms. The number of benzene rings is 1. The predicted octanol–water partition coefficient (Wildman–Crippen LogP) is 1.94. The van der Waals surface area contributed by atoms with Crippen LogP contribution in [0.15, 0.2) is 47.1 Å². The first-order chi connectivity index (χ1) is 11.1. The van der Waals surface area contributed by atoms with Crippen molar-refractivity contribution < 1.29 is 19.1 Å². The fraction of sp³-hybridized carbons (Fsp3) is 0.0667. The minimum absolute atomic E-state index is 0.0902. The number of hydrogen-bond acceptors (Lipinski definition) is 5. The Morgan fingerprint density at radius 2 is 2.04 bits per heavy atom. The maximum atomic E-state index is 12.0. The minimum atomic E-state index is -1.08. The van der Waals surface area contributed by atoms with Gasteiger partial charge in [0.2, 0.25) is 11.9 Å². The van der Waals surface area contributed by atoms with Crippen molar-refractivity contribution >= 4 is 17.8 Å². The second-order valence-electron chi connectivity index (χ2n) is 4.67. The lowest BCUT2D eigenvalue weighted by Gasteiger charge is -2.05. The van der Waals surface area contributed by atoms with Crippen molar-refractivity contribution in [1.82, 2.24) is 15.2 Å². The molecule has 0 saturated carbocycles. The molecule has 1 aromatic carbocycles. The second kappa shape index (κ2) is 6.14. The molecule has 2 aromatic heterocycles. The number of anilines is 1. The fourth-order valence-electron chi connectivity index (χ4n) is 2.07. The Labute approximate surface area is 130 Å². The lowest BCUT2D eigenvalue weighted by Crippen LogP contribution is -2.17. The molecule has 0 radical (unpaired) electrons. The third kappa shape index (κ3) is 3.26. The molecule has 1 amide bonds. The van der Waals surface area contributed by atoms with Crippen LogP contribution >= 0.6 is 0 Å². The molecule has 0 aliphatic heterocycles. The first kappa shape index (κ1) is 14.5. The van der Waals surface area contributed by atoms with Gasteiger partial charge in [-0.15, -0.1) is 5.10 Å². The molecule has 23 heavy (non-hydrogen) atoms. The van der Waals surface area contributed by atoms with Crippen LogP contribution in [0.5, 0.6) is 0 Å². The van der Waals surface area contributed by atoms with Gasteiger partial charge in [0, 0.05) is 0 Å². The normalized spacial score (nSPS) is 10.4. The third-order valence-electron chi connectivity index (χ3n) is 3.09. The number of amides is 1. The first-order valence-electron chi connectivity index (χ1n) is 6.71. The highest BCUT2D eigenvalue weighted by Crippen LogP contribution is 2.16. The number of hydrogen-bond donors (Lipinski definition) is 3. The summed E-state index contributed by atoms with van der Waals surface area (Å²) in [6.07, 6.45) is 1.41. The molecule has 116 valence electrons. The number of aromatic amines is 1. The lowest BCUT2D eigenvalue weighted by molar-refractivity contribution is -0.115. The number of nitrogens with zero attached hydrogens (tertiary/aromatic N) is 2. The summed E-state index contributed by atoms with van der Waals surface area (Å²) < 4.78 is 5.16. The number of carboxylic acids is 1. The van der Waals surface area contributed by atoms with Crippen molar-refractivity contribution in [1.29, 1.82) is 0 Å². The molecular weight excluding hydrogens is 300 g/mol. The summed E-state index contributed by atoms with van der Waals surface area (Å²) in [5.41, 5.74) is 0.508. The van der Waals surface area contributed by atoms with Crippen LogP contribution < -0.4 is 5.32 Å². The zero-order chi connectivity index (χ0) is 16.2. The summed E-state index contributed by atoms with van der Waals surface area (Å²) in [5, 5.41) is 18.1. The number of H-pyrrole nitrogens is 1. The quantitative estimate of drug-likeness (QED) is 0.662. The number of furan rings is 1. The SMILES string of the molecule is O=C(Cc1ccccc1C(=O)O)Nc1n[nH]c(-c2ccco2)n1. The highest BCUT2D eigenvalue weighted by molar-refractivity contribution is 5.95. The van der Waals surface area contributed by atoms with Gasteiger partial charge in [0.25, 0.3) is 0 Å². The third-order valence-corrected chi connectivity index (χ3v) is 3.09. The molecule has 8 heteroatoms. The molecule has 0 bridgehead atoms.